The molecule has 5 nitrogen and oxygen atoms in total. The quantitative estimate of drug-likeness (QED) is 0.690. The molecule has 2 aromatic rings. The molecule has 0 spiro atoms. The zero-order valence-corrected chi connectivity index (χ0v) is 10.8. The van der Waals surface area contributed by atoms with Crippen LogP contribution in [0, 0.1) is 15.9 Å². The molecule has 0 heterocycles. The monoisotopic (exact) mass is 297 g/mol. The van der Waals surface area contributed by atoms with Crippen molar-refractivity contribution >= 4 is 17.3 Å². The average Bonchev–Trinajstić information content (AvgIpc) is 2.43. The van der Waals surface area contributed by atoms with E-state index >= 15 is 0 Å². The summed E-state index contributed by atoms with van der Waals surface area (Å²) in [5.41, 5.74) is 0.0955. The third kappa shape index (κ3) is 3.04. The van der Waals surface area contributed by atoms with Crippen LogP contribution in [0.3, 0.4) is 0 Å². The molecule has 0 aliphatic rings. The fourth-order valence-electron chi connectivity index (χ4n) is 1.57. The highest BCUT2D eigenvalue weighted by atomic mass is 35.5. The average molecular weight is 298 g/mol. The van der Waals surface area contributed by atoms with Gasteiger partial charge in [0.15, 0.2) is 0 Å². The Morgan fingerprint density at radius 1 is 1.30 bits per heavy atom. The van der Waals surface area contributed by atoms with E-state index in [9.17, 15) is 19.6 Å². The van der Waals surface area contributed by atoms with Crippen LogP contribution >= 0.6 is 11.6 Å². The van der Waals surface area contributed by atoms with E-state index in [0.717, 1.165) is 6.07 Å². The first-order valence-electron chi connectivity index (χ1n) is 5.52. The van der Waals surface area contributed by atoms with Crippen molar-refractivity contribution in [3.05, 3.63) is 62.9 Å². The number of nitro groups is 1. The Hall–Kier alpha value is -2.18. The summed E-state index contributed by atoms with van der Waals surface area (Å²) in [4.78, 5) is 10.1. The highest BCUT2D eigenvalue weighted by Crippen LogP contribution is 2.30. The van der Waals surface area contributed by atoms with Crippen molar-refractivity contribution in [2.24, 2.45) is 0 Å². The number of rotatable bonds is 4. The molecule has 0 aliphatic carbocycles. The fourth-order valence-corrected chi connectivity index (χ4v) is 1.74. The van der Waals surface area contributed by atoms with Crippen molar-refractivity contribution in [1.29, 1.82) is 0 Å². The molecule has 0 aromatic heterocycles. The normalized spacial score (nSPS) is 10.3. The number of aliphatic hydroxyl groups excluding tert-OH is 1. The highest BCUT2D eigenvalue weighted by Gasteiger charge is 2.12. The van der Waals surface area contributed by atoms with Crippen LogP contribution in [0.5, 0.6) is 11.5 Å². The molecule has 0 atom stereocenters. The van der Waals surface area contributed by atoms with Gasteiger partial charge in [-0.3, -0.25) is 10.1 Å². The third-order valence-corrected chi connectivity index (χ3v) is 2.83. The van der Waals surface area contributed by atoms with Crippen molar-refractivity contribution in [1.82, 2.24) is 0 Å². The highest BCUT2D eigenvalue weighted by molar-refractivity contribution is 6.30. The van der Waals surface area contributed by atoms with Crippen LogP contribution in [-0.4, -0.2) is 10.0 Å². The molecule has 2 rings (SSSR count). The number of hydrogen-bond donors (Lipinski definition) is 1. The lowest BCUT2D eigenvalue weighted by Gasteiger charge is -2.10. The lowest BCUT2D eigenvalue weighted by Crippen LogP contribution is -1.95. The smallest absolute Gasteiger partial charge is 0.270 e. The topological polar surface area (TPSA) is 72.6 Å². The van der Waals surface area contributed by atoms with Crippen LogP contribution in [0.25, 0.3) is 0 Å². The summed E-state index contributed by atoms with van der Waals surface area (Å²) < 4.78 is 18.5. The van der Waals surface area contributed by atoms with E-state index in [-0.39, 0.29) is 27.8 Å². The summed E-state index contributed by atoms with van der Waals surface area (Å²) in [5, 5.41) is 19.8. The predicted octanol–water partition coefficient (Wildman–Crippen LogP) is 3.67. The van der Waals surface area contributed by atoms with Crippen molar-refractivity contribution in [2.75, 3.05) is 0 Å². The standard InChI is InChI=1S/C13H9ClFNO4/c14-11-6-10(2-3-12(11)15)20-13-4-1-9(16(18)19)5-8(13)7-17/h1-6,17H,7H2. The Kier molecular flexibility index (Phi) is 4.16. The molecule has 7 heteroatoms. The number of halogens is 2. The maximum absolute atomic E-state index is 13.0. The predicted molar refractivity (Wildman–Crippen MR) is 70.5 cm³/mol. The van der Waals surface area contributed by atoms with Crippen molar-refractivity contribution in [3.63, 3.8) is 0 Å². The maximum atomic E-state index is 13.0. The van der Waals surface area contributed by atoms with E-state index in [1.165, 1.54) is 30.3 Å². The Balaban J connectivity index is 2.32. The molecule has 0 unspecified atom stereocenters. The molecule has 0 saturated carbocycles. The number of benzene rings is 2. The number of ether oxygens (including phenoxy) is 1. The van der Waals surface area contributed by atoms with Crippen molar-refractivity contribution < 1.29 is 19.2 Å². The minimum atomic E-state index is -0.579. The summed E-state index contributed by atoms with van der Waals surface area (Å²) in [7, 11) is 0. The zero-order chi connectivity index (χ0) is 14.7. The Labute approximate surface area is 118 Å². The van der Waals surface area contributed by atoms with Crippen LogP contribution in [0.4, 0.5) is 10.1 Å². The Morgan fingerprint density at radius 3 is 2.65 bits per heavy atom. The summed E-state index contributed by atoms with van der Waals surface area (Å²) in [6.07, 6.45) is 0. The maximum Gasteiger partial charge on any atom is 0.270 e. The molecule has 104 valence electrons. The first-order valence-corrected chi connectivity index (χ1v) is 5.90. The molecule has 0 radical (unpaired) electrons. The van der Waals surface area contributed by atoms with Crippen LogP contribution in [0.15, 0.2) is 36.4 Å². The van der Waals surface area contributed by atoms with E-state index in [4.69, 9.17) is 16.3 Å². The number of hydrogen-bond acceptors (Lipinski definition) is 4. The van der Waals surface area contributed by atoms with E-state index in [1.807, 2.05) is 0 Å². The van der Waals surface area contributed by atoms with Gasteiger partial charge in [-0.2, -0.15) is 0 Å². The minimum absolute atomic E-state index is 0.102. The molecule has 0 aliphatic heterocycles. The van der Waals surface area contributed by atoms with Gasteiger partial charge < -0.3 is 9.84 Å². The molecule has 0 fully saturated rings. The molecular weight excluding hydrogens is 289 g/mol. The first-order chi connectivity index (χ1) is 9.51. The molecule has 0 saturated heterocycles. The van der Waals surface area contributed by atoms with Gasteiger partial charge in [-0.25, -0.2) is 4.39 Å². The minimum Gasteiger partial charge on any atom is -0.457 e. The lowest BCUT2D eigenvalue weighted by atomic mass is 10.2. The Bertz CT molecular complexity index is 663. The second kappa shape index (κ2) is 5.85. The number of aliphatic hydroxyl groups is 1. The van der Waals surface area contributed by atoms with Crippen LogP contribution in [0.1, 0.15) is 5.56 Å². The molecule has 20 heavy (non-hydrogen) atoms. The lowest BCUT2D eigenvalue weighted by molar-refractivity contribution is -0.385. The van der Waals surface area contributed by atoms with Gasteiger partial charge in [0.05, 0.1) is 16.6 Å². The molecular formula is C13H9ClFNO4. The van der Waals surface area contributed by atoms with Crippen molar-refractivity contribution in [3.8, 4) is 11.5 Å². The zero-order valence-electron chi connectivity index (χ0n) is 10.0. The Morgan fingerprint density at radius 2 is 2.05 bits per heavy atom. The van der Waals surface area contributed by atoms with Crippen LogP contribution in [0.2, 0.25) is 5.02 Å². The van der Waals surface area contributed by atoms with Crippen LogP contribution in [-0.2, 0) is 6.61 Å². The first kappa shape index (κ1) is 14.2. The second-order valence-electron chi connectivity index (χ2n) is 3.89. The summed E-state index contributed by atoms with van der Waals surface area (Å²) in [6.45, 7) is -0.425. The van der Waals surface area contributed by atoms with Crippen molar-refractivity contribution in [2.45, 2.75) is 6.61 Å². The molecule has 1 N–H and O–H groups in total. The van der Waals surface area contributed by atoms with Gasteiger partial charge in [0, 0.05) is 23.8 Å². The van der Waals surface area contributed by atoms with Gasteiger partial charge in [0.2, 0.25) is 0 Å². The van der Waals surface area contributed by atoms with E-state index in [1.54, 1.807) is 0 Å². The van der Waals surface area contributed by atoms with E-state index < -0.39 is 17.3 Å². The van der Waals surface area contributed by atoms with Crippen LogP contribution < -0.4 is 4.74 Å². The summed E-state index contributed by atoms with van der Waals surface area (Å²) in [6, 6.07) is 7.60. The summed E-state index contributed by atoms with van der Waals surface area (Å²) in [5.74, 6) is -0.0779. The van der Waals surface area contributed by atoms with Gasteiger partial charge in [0.25, 0.3) is 5.69 Å². The fraction of sp³-hybridized carbons (Fsp3) is 0.0769. The number of nitrogens with zero attached hydrogens (tertiary/aromatic N) is 1. The molecule has 0 bridgehead atoms. The van der Waals surface area contributed by atoms with Gasteiger partial charge in [-0.15, -0.1) is 0 Å². The van der Waals surface area contributed by atoms with E-state index in [2.05, 4.69) is 0 Å². The largest absolute Gasteiger partial charge is 0.457 e. The third-order valence-electron chi connectivity index (χ3n) is 2.54. The van der Waals surface area contributed by atoms with Gasteiger partial charge >= 0.3 is 0 Å². The van der Waals surface area contributed by atoms with E-state index in [0.29, 0.717) is 0 Å². The van der Waals surface area contributed by atoms with Gasteiger partial charge in [-0.1, -0.05) is 11.6 Å². The number of nitro benzene ring substituents is 1. The summed E-state index contributed by atoms with van der Waals surface area (Å²) >= 11 is 5.63. The molecule has 2 aromatic carbocycles. The number of non-ortho nitro benzene ring substituents is 1. The molecule has 0 amide bonds. The van der Waals surface area contributed by atoms with Gasteiger partial charge in [0.1, 0.15) is 17.3 Å². The second-order valence-corrected chi connectivity index (χ2v) is 4.29. The SMILES string of the molecule is O=[N+]([O-])c1ccc(Oc2ccc(F)c(Cl)c2)c(CO)c1. The van der Waals surface area contributed by atoms with Gasteiger partial charge in [-0.05, 0) is 18.2 Å².